The van der Waals surface area contributed by atoms with Crippen molar-refractivity contribution in [3.05, 3.63) is 59.9 Å². The Hall–Kier alpha value is -2.89. The lowest BCUT2D eigenvalue weighted by atomic mass is 10.0. The Kier molecular flexibility index (Phi) is 5.21. The summed E-state index contributed by atoms with van der Waals surface area (Å²) in [6.07, 6.45) is 0.219. The molecule has 3 amide bonds. The van der Waals surface area contributed by atoms with Gasteiger partial charge in [-0.2, -0.15) is 0 Å². The molecular formula is C20H22FN3O2. The third-order valence-electron chi connectivity index (χ3n) is 4.43. The molecule has 2 aromatic rings. The van der Waals surface area contributed by atoms with Crippen LogP contribution >= 0.6 is 0 Å². The molecule has 0 radical (unpaired) electrons. The van der Waals surface area contributed by atoms with Crippen LogP contribution in [0.15, 0.2) is 48.5 Å². The van der Waals surface area contributed by atoms with E-state index in [4.69, 9.17) is 0 Å². The predicted octanol–water partition coefficient (Wildman–Crippen LogP) is 3.88. The molecule has 5 nitrogen and oxygen atoms in total. The SMILES string of the molecule is CC(C)c1ccc(NC(=O)N[C@H]2CC(=O)N(c3ccc(F)cc3)C2)cc1. The van der Waals surface area contributed by atoms with Gasteiger partial charge in [0, 0.05) is 24.3 Å². The van der Waals surface area contributed by atoms with E-state index in [0.29, 0.717) is 23.8 Å². The van der Waals surface area contributed by atoms with Crippen LogP contribution in [0.2, 0.25) is 0 Å². The molecule has 0 spiro atoms. The number of anilines is 2. The lowest BCUT2D eigenvalue weighted by Gasteiger charge is -2.17. The average molecular weight is 355 g/mol. The van der Waals surface area contributed by atoms with Gasteiger partial charge in [0.25, 0.3) is 0 Å². The standard InChI is InChI=1S/C20H22FN3O2/c1-13(2)14-3-7-16(8-4-14)22-20(26)23-17-11-19(25)24(12-17)18-9-5-15(21)6-10-18/h3-10,13,17H,11-12H2,1-2H3,(H2,22,23,26)/t17-/m0/s1. The van der Waals surface area contributed by atoms with Gasteiger partial charge in [-0.25, -0.2) is 9.18 Å². The van der Waals surface area contributed by atoms with Gasteiger partial charge >= 0.3 is 6.03 Å². The first-order valence-electron chi connectivity index (χ1n) is 8.66. The Bertz CT molecular complexity index is 788. The molecule has 1 aliphatic rings. The molecular weight excluding hydrogens is 333 g/mol. The van der Waals surface area contributed by atoms with Gasteiger partial charge in [0.1, 0.15) is 5.82 Å². The van der Waals surface area contributed by atoms with Crippen molar-refractivity contribution >= 4 is 23.3 Å². The van der Waals surface area contributed by atoms with E-state index in [1.54, 1.807) is 17.0 Å². The van der Waals surface area contributed by atoms with Gasteiger partial charge in [-0.1, -0.05) is 26.0 Å². The summed E-state index contributed by atoms with van der Waals surface area (Å²) in [5.74, 6) is -0.0130. The average Bonchev–Trinajstić information content (AvgIpc) is 2.96. The number of nitrogens with zero attached hydrogens (tertiary/aromatic N) is 1. The van der Waals surface area contributed by atoms with E-state index in [9.17, 15) is 14.0 Å². The number of hydrogen-bond donors (Lipinski definition) is 2. The second kappa shape index (κ2) is 7.56. The third kappa shape index (κ3) is 4.20. The number of hydrogen-bond acceptors (Lipinski definition) is 2. The van der Waals surface area contributed by atoms with Gasteiger partial charge in [0.15, 0.2) is 0 Å². The van der Waals surface area contributed by atoms with Crippen molar-refractivity contribution in [3.63, 3.8) is 0 Å². The molecule has 26 heavy (non-hydrogen) atoms. The van der Waals surface area contributed by atoms with Crippen molar-refractivity contribution in [2.24, 2.45) is 0 Å². The fraction of sp³-hybridized carbons (Fsp3) is 0.300. The highest BCUT2D eigenvalue weighted by molar-refractivity contribution is 5.97. The number of benzene rings is 2. The molecule has 0 aliphatic carbocycles. The van der Waals surface area contributed by atoms with Crippen LogP contribution < -0.4 is 15.5 Å². The van der Waals surface area contributed by atoms with Gasteiger partial charge in [0.05, 0.1) is 6.04 Å². The Morgan fingerprint density at radius 3 is 2.38 bits per heavy atom. The van der Waals surface area contributed by atoms with Gasteiger partial charge in [-0.15, -0.1) is 0 Å². The minimum absolute atomic E-state index is 0.0943. The quantitative estimate of drug-likeness (QED) is 0.874. The molecule has 2 aromatic carbocycles. The summed E-state index contributed by atoms with van der Waals surface area (Å²) in [5, 5.41) is 5.60. The van der Waals surface area contributed by atoms with Crippen molar-refractivity contribution in [1.82, 2.24) is 5.32 Å². The molecule has 1 aliphatic heterocycles. The van der Waals surface area contributed by atoms with Crippen LogP contribution in [-0.2, 0) is 4.79 Å². The zero-order chi connectivity index (χ0) is 18.7. The largest absolute Gasteiger partial charge is 0.333 e. The summed E-state index contributed by atoms with van der Waals surface area (Å²) >= 11 is 0. The summed E-state index contributed by atoms with van der Waals surface area (Å²) in [6, 6.07) is 12.8. The van der Waals surface area contributed by atoms with Crippen LogP contribution in [0.25, 0.3) is 0 Å². The zero-order valence-electron chi connectivity index (χ0n) is 14.8. The molecule has 0 aromatic heterocycles. The van der Waals surface area contributed by atoms with Gasteiger partial charge in [-0.3, -0.25) is 4.79 Å². The number of nitrogens with one attached hydrogen (secondary N) is 2. The van der Waals surface area contributed by atoms with Crippen LogP contribution in [0.1, 0.15) is 31.7 Å². The van der Waals surface area contributed by atoms with Crippen molar-refractivity contribution in [3.8, 4) is 0 Å². The summed E-state index contributed by atoms with van der Waals surface area (Å²) in [5.41, 5.74) is 2.53. The van der Waals surface area contributed by atoms with E-state index in [-0.39, 0.29) is 30.2 Å². The topological polar surface area (TPSA) is 61.4 Å². The predicted molar refractivity (Wildman–Crippen MR) is 99.8 cm³/mol. The van der Waals surface area contributed by atoms with Crippen LogP contribution in [-0.4, -0.2) is 24.5 Å². The molecule has 2 N–H and O–H groups in total. The lowest BCUT2D eigenvalue weighted by molar-refractivity contribution is -0.117. The minimum Gasteiger partial charge on any atom is -0.333 e. The molecule has 6 heteroatoms. The maximum absolute atomic E-state index is 13.0. The Morgan fingerprint density at radius 2 is 1.77 bits per heavy atom. The van der Waals surface area contributed by atoms with Gasteiger partial charge < -0.3 is 15.5 Å². The Morgan fingerprint density at radius 1 is 1.12 bits per heavy atom. The molecule has 136 valence electrons. The van der Waals surface area contributed by atoms with Crippen LogP contribution in [0.5, 0.6) is 0 Å². The van der Waals surface area contributed by atoms with Crippen molar-refractivity contribution in [2.75, 3.05) is 16.8 Å². The van der Waals surface area contributed by atoms with E-state index in [1.165, 1.54) is 17.7 Å². The lowest BCUT2D eigenvalue weighted by Crippen LogP contribution is -2.39. The highest BCUT2D eigenvalue weighted by Gasteiger charge is 2.31. The van der Waals surface area contributed by atoms with Crippen molar-refractivity contribution < 1.29 is 14.0 Å². The molecule has 0 saturated carbocycles. The number of carbonyl (C=O) groups excluding carboxylic acids is 2. The number of rotatable bonds is 4. The fourth-order valence-electron chi connectivity index (χ4n) is 2.98. The number of halogens is 1. The molecule has 0 unspecified atom stereocenters. The summed E-state index contributed by atoms with van der Waals surface area (Å²) < 4.78 is 13.0. The van der Waals surface area contributed by atoms with Crippen molar-refractivity contribution in [2.45, 2.75) is 32.2 Å². The van der Waals surface area contributed by atoms with E-state index < -0.39 is 0 Å². The van der Waals surface area contributed by atoms with E-state index in [0.717, 1.165) is 0 Å². The normalized spacial score (nSPS) is 16.8. The summed E-state index contributed by atoms with van der Waals surface area (Å²) in [7, 11) is 0. The van der Waals surface area contributed by atoms with E-state index in [2.05, 4.69) is 24.5 Å². The fourth-order valence-corrected chi connectivity index (χ4v) is 2.98. The maximum atomic E-state index is 13.0. The zero-order valence-corrected chi connectivity index (χ0v) is 14.8. The molecule has 1 heterocycles. The van der Waals surface area contributed by atoms with Gasteiger partial charge in [0.2, 0.25) is 5.91 Å². The molecule has 1 saturated heterocycles. The third-order valence-corrected chi connectivity index (χ3v) is 4.43. The number of amides is 3. The second-order valence-electron chi connectivity index (χ2n) is 6.76. The number of urea groups is 1. The highest BCUT2D eigenvalue weighted by Crippen LogP contribution is 2.22. The van der Waals surface area contributed by atoms with Crippen LogP contribution in [0, 0.1) is 5.82 Å². The monoisotopic (exact) mass is 355 g/mol. The van der Waals surface area contributed by atoms with E-state index >= 15 is 0 Å². The molecule has 1 atom stereocenters. The number of carbonyl (C=O) groups is 2. The second-order valence-corrected chi connectivity index (χ2v) is 6.76. The Labute approximate surface area is 152 Å². The maximum Gasteiger partial charge on any atom is 0.319 e. The molecule has 1 fully saturated rings. The molecule has 3 rings (SSSR count). The van der Waals surface area contributed by atoms with Gasteiger partial charge in [-0.05, 0) is 47.9 Å². The first-order chi connectivity index (χ1) is 12.4. The van der Waals surface area contributed by atoms with E-state index in [1.807, 2.05) is 24.3 Å². The summed E-state index contributed by atoms with van der Waals surface area (Å²) in [6.45, 7) is 4.59. The Balaban J connectivity index is 1.56. The van der Waals surface area contributed by atoms with Crippen molar-refractivity contribution in [1.29, 1.82) is 0 Å². The van der Waals surface area contributed by atoms with Crippen LogP contribution in [0.3, 0.4) is 0 Å². The highest BCUT2D eigenvalue weighted by atomic mass is 19.1. The minimum atomic E-state index is -0.349. The smallest absolute Gasteiger partial charge is 0.319 e. The first kappa shape index (κ1) is 17.9. The first-order valence-corrected chi connectivity index (χ1v) is 8.66. The molecule has 0 bridgehead atoms. The van der Waals surface area contributed by atoms with Crippen LogP contribution in [0.4, 0.5) is 20.6 Å². The summed E-state index contributed by atoms with van der Waals surface area (Å²) in [4.78, 5) is 25.9.